The molecule has 9 aromatic carbocycles. The molecule has 0 radical (unpaired) electrons. The standard InChI is InChI=1S/C61H48N2/c1-59(2)51-29-17-14-26-47(51)50-35-33-45(39-54(50)59)62(43-22-10-6-11-23-43)46-34-37-58-56(40-46)60(3,4)55-38-42(32-36-57(55)63(58)44-24-12-7-13-25-44)61(41-20-8-5-9-21-41)52-30-18-15-27-48(52)49-28-16-19-31-53(49)61/h5-40H,1-4H3. The summed E-state index contributed by atoms with van der Waals surface area (Å²) in [6.07, 6.45) is 0. The fraction of sp³-hybridized carbons (Fsp3) is 0.115. The number of nitrogens with zero attached hydrogens (tertiary/aromatic N) is 2. The first-order valence-corrected chi connectivity index (χ1v) is 22.3. The van der Waals surface area contributed by atoms with Gasteiger partial charge in [0.05, 0.1) is 16.8 Å². The smallest absolute Gasteiger partial charge is 0.0713 e. The largest absolute Gasteiger partial charge is 0.310 e. The molecule has 0 fully saturated rings. The molecule has 0 spiro atoms. The van der Waals surface area contributed by atoms with Crippen molar-refractivity contribution in [1.82, 2.24) is 0 Å². The van der Waals surface area contributed by atoms with Crippen molar-refractivity contribution in [2.45, 2.75) is 43.9 Å². The molecule has 0 unspecified atom stereocenters. The molecule has 0 saturated carbocycles. The van der Waals surface area contributed by atoms with E-state index in [1.54, 1.807) is 0 Å². The zero-order valence-corrected chi connectivity index (χ0v) is 36.2. The number of hydrogen-bond donors (Lipinski definition) is 0. The molecule has 0 aromatic heterocycles. The van der Waals surface area contributed by atoms with Crippen LogP contribution in [0.2, 0.25) is 0 Å². The van der Waals surface area contributed by atoms with Crippen LogP contribution in [0.15, 0.2) is 218 Å². The van der Waals surface area contributed by atoms with Crippen molar-refractivity contribution in [3.05, 3.63) is 263 Å². The second kappa shape index (κ2) is 13.8. The number of hydrogen-bond acceptors (Lipinski definition) is 2. The van der Waals surface area contributed by atoms with Crippen molar-refractivity contribution in [2.75, 3.05) is 9.80 Å². The van der Waals surface area contributed by atoms with Gasteiger partial charge in [-0.2, -0.15) is 0 Å². The molecule has 0 saturated heterocycles. The zero-order chi connectivity index (χ0) is 42.5. The molecule has 1 heterocycles. The average molecular weight is 809 g/mol. The van der Waals surface area contributed by atoms with Gasteiger partial charge in [0.2, 0.25) is 0 Å². The van der Waals surface area contributed by atoms with Crippen molar-refractivity contribution >= 4 is 34.1 Å². The monoisotopic (exact) mass is 808 g/mol. The Morgan fingerprint density at radius 1 is 0.317 bits per heavy atom. The van der Waals surface area contributed by atoms with Gasteiger partial charge in [0, 0.05) is 33.6 Å². The Morgan fingerprint density at radius 3 is 1.40 bits per heavy atom. The number of fused-ring (bicyclic) bond motifs is 8. The lowest BCUT2D eigenvalue weighted by molar-refractivity contribution is 0.627. The summed E-state index contributed by atoms with van der Waals surface area (Å²) in [6, 6.07) is 81.5. The highest BCUT2D eigenvalue weighted by Gasteiger charge is 2.47. The maximum absolute atomic E-state index is 2.54. The van der Waals surface area contributed by atoms with E-state index in [0.717, 1.165) is 22.7 Å². The number of anilines is 6. The van der Waals surface area contributed by atoms with E-state index in [-0.39, 0.29) is 10.8 Å². The first-order chi connectivity index (χ1) is 30.8. The summed E-state index contributed by atoms with van der Waals surface area (Å²) in [5.74, 6) is 0. The molecular formula is C61H48N2. The van der Waals surface area contributed by atoms with Crippen molar-refractivity contribution in [3.63, 3.8) is 0 Å². The molecule has 12 rings (SSSR count). The van der Waals surface area contributed by atoms with Crippen LogP contribution in [-0.2, 0) is 16.2 Å². The molecule has 2 aliphatic carbocycles. The fourth-order valence-corrected chi connectivity index (χ4v) is 11.5. The molecule has 3 aliphatic rings. The second-order valence-corrected chi connectivity index (χ2v) is 18.5. The van der Waals surface area contributed by atoms with E-state index in [2.05, 4.69) is 256 Å². The predicted molar refractivity (Wildman–Crippen MR) is 263 cm³/mol. The van der Waals surface area contributed by atoms with Crippen LogP contribution in [0.25, 0.3) is 22.3 Å². The Balaban J connectivity index is 1.08. The highest BCUT2D eigenvalue weighted by molar-refractivity contribution is 5.92. The van der Waals surface area contributed by atoms with E-state index in [1.165, 1.54) is 78.1 Å². The van der Waals surface area contributed by atoms with Crippen LogP contribution in [0.5, 0.6) is 0 Å². The molecule has 1 aliphatic heterocycles. The molecule has 302 valence electrons. The summed E-state index contributed by atoms with van der Waals surface area (Å²) in [4.78, 5) is 4.93. The Morgan fingerprint density at radius 2 is 0.762 bits per heavy atom. The quantitative estimate of drug-likeness (QED) is 0.165. The molecule has 0 amide bonds. The minimum atomic E-state index is -0.496. The van der Waals surface area contributed by atoms with Gasteiger partial charge < -0.3 is 9.80 Å². The maximum atomic E-state index is 2.54. The zero-order valence-electron chi connectivity index (χ0n) is 36.2. The molecule has 2 heteroatoms. The third-order valence-electron chi connectivity index (χ3n) is 14.5. The van der Waals surface area contributed by atoms with Crippen LogP contribution < -0.4 is 9.80 Å². The fourth-order valence-electron chi connectivity index (χ4n) is 11.5. The highest BCUT2D eigenvalue weighted by atomic mass is 15.2. The average Bonchev–Trinajstić information content (AvgIpc) is 3.76. The predicted octanol–water partition coefficient (Wildman–Crippen LogP) is 15.9. The molecule has 63 heavy (non-hydrogen) atoms. The van der Waals surface area contributed by atoms with Gasteiger partial charge in [0.15, 0.2) is 0 Å². The van der Waals surface area contributed by atoms with Gasteiger partial charge in [-0.05, 0) is 127 Å². The van der Waals surface area contributed by atoms with E-state index in [1.807, 2.05) is 0 Å². The third kappa shape index (κ3) is 5.31. The van der Waals surface area contributed by atoms with E-state index < -0.39 is 5.41 Å². The van der Waals surface area contributed by atoms with E-state index in [4.69, 9.17) is 0 Å². The molecule has 0 atom stereocenters. The normalized spacial score (nSPS) is 15.3. The van der Waals surface area contributed by atoms with Crippen LogP contribution in [0, 0.1) is 0 Å². The van der Waals surface area contributed by atoms with Crippen molar-refractivity contribution in [3.8, 4) is 22.3 Å². The Bertz CT molecular complexity index is 3190. The molecule has 0 bridgehead atoms. The van der Waals surface area contributed by atoms with E-state index >= 15 is 0 Å². The van der Waals surface area contributed by atoms with E-state index in [9.17, 15) is 0 Å². The second-order valence-electron chi connectivity index (χ2n) is 18.5. The number of para-hydroxylation sites is 2. The van der Waals surface area contributed by atoms with Crippen molar-refractivity contribution in [1.29, 1.82) is 0 Å². The van der Waals surface area contributed by atoms with Gasteiger partial charge in [-0.15, -0.1) is 0 Å². The van der Waals surface area contributed by atoms with Crippen LogP contribution in [0.3, 0.4) is 0 Å². The Labute approximate surface area is 371 Å². The van der Waals surface area contributed by atoms with Gasteiger partial charge in [0.1, 0.15) is 0 Å². The SMILES string of the molecule is CC1(C)c2ccccc2-c2ccc(N(c3ccccc3)c3ccc4c(c3)C(C)(C)c3cc(C5(c6ccccc6)c6ccccc6-c6ccccc65)ccc3N4c3ccccc3)cc21. The minimum Gasteiger partial charge on any atom is -0.310 e. The minimum absolute atomic E-state index is 0.114. The highest BCUT2D eigenvalue weighted by Crippen LogP contribution is 2.59. The lowest BCUT2D eigenvalue weighted by Gasteiger charge is -2.44. The topological polar surface area (TPSA) is 6.48 Å². The molecular weight excluding hydrogens is 761 g/mol. The van der Waals surface area contributed by atoms with Gasteiger partial charge in [0.25, 0.3) is 0 Å². The van der Waals surface area contributed by atoms with Crippen LogP contribution >= 0.6 is 0 Å². The van der Waals surface area contributed by atoms with Crippen molar-refractivity contribution < 1.29 is 0 Å². The Kier molecular flexibility index (Phi) is 8.18. The third-order valence-corrected chi connectivity index (χ3v) is 14.5. The first kappa shape index (κ1) is 37.4. The summed E-state index contributed by atoms with van der Waals surface area (Å²) in [5.41, 5.74) is 21.8. The van der Waals surface area contributed by atoms with Gasteiger partial charge in [-0.25, -0.2) is 0 Å². The van der Waals surface area contributed by atoms with Gasteiger partial charge in [-0.1, -0.05) is 185 Å². The maximum Gasteiger partial charge on any atom is 0.0713 e. The number of benzene rings is 9. The number of rotatable bonds is 6. The summed E-state index contributed by atoms with van der Waals surface area (Å²) in [6.45, 7) is 9.58. The van der Waals surface area contributed by atoms with Gasteiger partial charge >= 0.3 is 0 Å². The first-order valence-electron chi connectivity index (χ1n) is 22.3. The molecule has 2 nitrogen and oxygen atoms in total. The summed E-state index contributed by atoms with van der Waals surface area (Å²) >= 11 is 0. The summed E-state index contributed by atoms with van der Waals surface area (Å²) < 4.78 is 0. The van der Waals surface area contributed by atoms with Gasteiger partial charge in [-0.3, -0.25) is 0 Å². The molecule has 9 aromatic rings. The van der Waals surface area contributed by atoms with Crippen molar-refractivity contribution in [2.24, 2.45) is 0 Å². The summed E-state index contributed by atoms with van der Waals surface area (Å²) in [7, 11) is 0. The lowest BCUT2D eigenvalue weighted by atomic mass is 9.65. The lowest BCUT2D eigenvalue weighted by Crippen LogP contribution is -2.33. The summed E-state index contributed by atoms with van der Waals surface area (Å²) in [5, 5.41) is 0. The molecule has 0 N–H and O–H groups in total. The van der Waals surface area contributed by atoms with Crippen LogP contribution in [-0.4, -0.2) is 0 Å². The van der Waals surface area contributed by atoms with Crippen LogP contribution in [0.4, 0.5) is 34.1 Å². The van der Waals surface area contributed by atoms with Crippen LogP contribution in [0.1, 0.15) is 72.2 Å². The van der Waals surface area contributed by atoms with E-state index in [0.29, 0.717) is 0 Å². The Hall–Kier alpha value is -7.42.